The largest absolute Gasteiger partial charge is 0.457 e. The van der Waals surface area contributed by atoms with Gasteiger partial charge >= 0.3 is 12.3 Å². The maximum Gasteiger partial charge on any atom is 0.419 e. The van der Waals surface area contributed by atoms with Crippen LogP contribution in [-0.2, 0) is 28.7 Å². The molecule has 0 bridgehead atoms. The van der Waals surface area contributed by atoms with Gasteiger partial charge in [0.05, 0.1) is 11.5 Å². The molecule has 2 aliphatic heterocycles. The summed E-state index contributed by atoms with van der Waals surface area (Å²) in [5, 5.41) is 0. The highest BCUT2D eigenvalue weighted by Crippen LogP contribution is 2.35. The smallest absolute Gasteiger partial charge is 0.419 e. The average Bonchev–Trinajstić information content (AvgIpc) is 2.69. The monoisotopic (exact) mass is 494 g/mol. The molecule has 6 nitrogen and oxygen atoms in total. The number of likely N-dealkylation sites (tertiary alicyclic amines) is 1. The second-order valence-corrected chi connectivity index (χ2v) is 9.76. The molecule has 0 radical (unpaired) electrons. The summed E-state index contributed by atoms with van der Waals surface area (Å²) in [4.78, 5) is 28.3. The number of halogens is 4. The molecule has 0 aliphatic carbocycles. The summed E-state index contributed by atoms with van der Waals surface area (Å²) in [6, 6.07) is 7.61. The molecule has 0 saturated carbocycles. The SMILES string of the molecule is CC(C)(C)OC(=O)N1CC(C(=O)N2CCc3ccc(Oc4ccc(C(F)(F)F)c(F)c4)cc3C2)C1. The number of hydrogen-bond acceptors (Lipinski definition) is 4. The van der Waals surface area contributed by atoms with E-state index in [0.29, 0.717) is 50.5 Å². The molecule has 0 aromatic heterocycles. The lowest BCUT2D eigenvalue weighted by Gasteiger charge is -2.41. The summed E-state index contributed by atoms with van der Waals surface area (Å²) < 4.78 is 63.1. The highest BCUT2D eigenvalue weighted by molar-refractivity contribution is 5.83. The summed E-state index contributed by atoms with van der Waals surface area (Å²) in [7, 11) is 0. The highest BCUT2D eigenvalue weighted by atomic mass is 19.4. The Kier molecular flexibility index (Phi) is 6.42. The van der Waals surface area contributed by atoms with Gasteiger partial charge in [0.2, 0.25) is 5.91 Å². The zero-order valence-electron chi connectivity index (χ0n) is 19.6. The first-order valence-corrected chi connectivity index (χ1v) is 11.2. The first-order chi connectivity index (χ1) is 16.3. The summed E-state index contributed by atoms with van der Waals surface area (Å²) in [5.41, 5.74) is -0.0817. The van der Waals surface area contributed by atoms with Crippen molar-refractivity contribution < 1.29 is 36.6 Å². The minimum atomic E-state index is -4.78. The Bertz CT molecular complexity index is 1140. The number of rotatable bonds is 3. The summed E-state index contributed by atoms with van der Waals surface area (Å²) in [6.07, 6.45) is -4.58. The third-order valence-electron chi connectivity index (χ3n) is 5.87. The van der Waals surface area contributed by atoms with Crippen LogP contribution in [0.15, 0.2) is 36.4 Å². The molecule has 2 aromatic carbocycles. The lowest BCUT2D eigenvalue weighted by atomic mass is 9.95. The summed E-state index contributed by atoms with van der Waals surface area (Å²) in [6.45, 7) is 6.84. The van der Waals surface area contributed by atoms with E-state index in [0.717, 1.165) is 17.2 Å². The van der Waals surface area contributed by atoms with Crippen molar-refractivity contribution in [2.75, 3.05) is 19.6 Å². The Morgan fingerprint density at radius 3 is 2.23 bits per heavy atom. The van der Waals surface area contributed by atoms with Crippen LogP contribution in [-0.4, -0.2) is 47.0 Å². The number of amides is 2. The predicted molar refractivity (Wildman–Crippen MR) is 118 cm³/mol. The van der Waals surface area contributed by atoms with Crippen molar-refractivity contribution in [2.45, 2.75) is 45.5 Å². The van der Waals surface area contributed by atoms with E-state index in [4.69, 9.17) is 9.47 Å². The van der Waals surface area contributed by atoms with Crippen molar-refractivity contribution in [2.24, 2.45) is 5.92 Å². The maximum absolute atomic E-state index is 13.9. The lowest BCUT2D eigenvalue weighted by molar-refractivity contribution is -0.141. The third kappa shape index (κ3) is 5.68. The van der Waals surface area contributed by atoms with Crippen LogP contribution in [0.1, 0.15) is 37.5 Å². The van der Waals surface area contributed by atoms with Gasteiger partial charge in [-0.2, -0.15) is 13.2 Å². The molecular formula is C25H26F4N2O4. The second-order valence-electron chi connectivity index (χ2n) is 9.76. The van der Waals surface area contributed by atoms with E-state index in [1.54, 1.807) is 37.8 Å². The molecule has 0 atom stereocenters. The Balaban J connectivity index is 1.38. The predicted octanol–water partition coefficient (Wildman–Crippen LogP) is 5.39. The standard InChI is InChI=1S/C25H26F4N2O4/c1-24(2,3)35-23(33)31-13-17(14-31)22(32)30-9-8-15-4-5-18(10-16(15)12-30)34-19-6-7-20(21(26)11-19)25(27,28)29/h4-7,10-11,17H,8-9,12-14H2,1-3H3. The minimum absolute atomic E-state index is 0.0495. The first kappa shape index (κ1) is 24.8. The fourth-order valence-electron chi connectivity index (χ4n) is 4.08. The molecular weight excluding hydrogens is 468 g/mol. The Morgan fingerprint density at radius 2 is 1.60 bits per heavy atom. The van der Waals surface area contributed by atoms with E-state index in [2.05, 4.69) is 0 Å². The van der Waals surface area contributed by atoms with Gasteiger partial charge in [0, 0.05) is 32.2 Å². The molecule has 2 heterocycles. The van der Waals surface area contributed by atoms with Crippen molar-refractivity contribution >= 4 is 12.0 Å². The van der Waals surface area contributed by atoms with E-state index >= 15 is 0 Å². The Labute approximate surface area is 200 Å². The van der Waals surface area contributed by atoms with Crippen LogP contribution in [0.5, 0.6) is 11.5 Å². The molecule has 10 heteroatoms. The molecule has 1 saturated heterocycles. The van der Waals surface area contributed by atoms with Gasteiger partial charge in [-0.05, 0) is 62.6 Å². The van der Waals surface area contributed by atoms with Crippen LogP contribution < -0.4 is 4.74 Å². The molecule has 0 spiro atoms. The van der Waals surface area contributed by atoms with Crippen LogP contribution in [0, 0.1) is 11.7 Å². The van der Waals surface area contributed by atoms with Gasteiger partial charge in [0.15, 0.2) is 0 Å². The third-order valence-corrected chi connectivity index (χ3v) is 5.87. The van der Waals surface area contributed by atoms with E-state index in [9.17, 15) is 27.2 Å². The molecule has 2 aliphatic rings. The van der Waals surface area contributed by atoms with Gasteiger partial charge in [-0.1, -0.05) is 6.07 Å². The number of ether oxygens (including phenoxy) is 2. The van der Waals surface area contributed by atoms with E-state index in [1.165, 1.54) is 4.90 Å². The highest BCUT2D eigenvalue weighted by Gasteiger charge is 2.40. The van der Waals surface area contributed by atoms with Gasteiger partial charge < -0.3 is 19.3 Å². The average molecular weight is 494 g/mol. The van der Waals surface area contributed by atoms with Crippen LogP contribution in [0.2, 0.25) is 0 Å². The summed E-state index contributed by atoms with van der Waals surface area (Å²) >= 11 is 0. The van der Waals surface area contributed by atoms with Crippen LogP contribution >= 0.6 is 0 Å². The van der Waals surface area contributed by atoms with Crippen molar-refractivity contribution in [1.82, 2.24) is 9.80 Å². The Morgan fingerprint density at radius 1 is 0.943 bits per heavy atom. The zero-order valence-corrected chi connectivity index (χ0v) is 19.6. The zero-order chi connectivity index (χ0) is 25.5. The van der Waals surface area contributed by atoms with Crippen molar-refractivity contribution in [3.63, 3.8) is 0 Å². The van der Waals surface area contributed by atoms with Gasteiger partial charge in [-0.25, -0.2) is 9.18 Å². The molecule has 1 fully saturated rings. The van der Waals surface area contributed by atoms with Crippen molar-refractivity contribution in [1.29, 1.82) is 0 Å². The van der Waals surface area contributed by atoms with Gasteiger partial charge in [-0.3, -0.25) is 4.79 Å². The molecule has 2 aromatic rings. The number of benzene rings is 2. The topological polar surface area (TPSA) is 59.1 Å². The number of fused-ring (bicyclic) bond motifs is 1. The van der Waals surface area contributed by atoms with Gasteiger partial charge in [0.25, 0.3) is 0 Å². The molecule has 4 rings (SSSR count). The second kappa shape index (κ2) is 9.05. The first-order valence-electron chi connectivity index (χ1n) is 11.2. The number of hydrogen-bond donors (Lipinski definition) is 0. The fourth-order valence-corrected chi connectivity index (χ4v) is 4.08. The van der Waals surface area contributed by atoms with Crippen LogP contribution in [0.4, 0.5) is 22.4 Å². The number of nitrogens with zero attached hydrogens (tertiary/aromatic N) is 2. The fraction of sp³-hybridized carbons (Fsp3) is 0.440. The number of alkyl halides is 3. The number of carbonyl (C=O) groups excluding carboxylic acids is 2. The van der Waals surface area contributed by atoms with Crippen molar-refractivity contribution in [3.05, 3.63) is 58.9 Å². The quantitative estimate of drug-likeness (QED) is 0.537. The lowest BCUT2D eigenvalue weighted by Crippen LogP contribution is -2.57. The molecule has 2 amide bonds. The van der Waals surface area contributed by atoms with E-state index in [1.807, 2.05) is 6.07 Å². The van der Waals surface area contributed by atoms with Gasteiger partial charge in [-0.15, -0.1) is 0 Å². The number of carbonyl (C=O) groups is 2. The normalized spacial score (nSPS) is 16.4. The summed E-state index contributed by atoms with van der Waals surface area (Å²) in [5.74, 6) is -1.48. The van der Waals surface area contributed by atoms with Gasteiger partial charge in [0.1, 0.15) is 22.9 Å². The molecule has 188 valence electrons. The van der Waals surface area contributed by atoms with E-state index < -0.39 is 29.3 Å². The molecule has 0 N–H and O–H groups in total. The Hall–Kier alpha value is -3.30. The minimum Gasteiger partial charge on any atom is -0.457 e. The molecule has 0 unspecified atom stereocenters. The van der Waals surface area contributed by atoms with Crippen molar-refractivity contribution in [3.8, 4) is 11.5 Å². The molecule has 35 heavy (non-hydrogen) atoms. The maximum atomic E-state index is 13.9. The van der Waals surface area contributed by atoms with Crippen LogP contribution in [0.3, 0.4) is 0 Å². The van der Waals surface area contributed by atoms with Crippen LogP contribution in [0.25, 0.3) is 0 Å². The van der Waals surface area contributed by atoms with E-state index in [-0.39, 0.29) is 17.6 Å².